The van der Waals surface area contributed by atoms with Gasteiger partial charge in [-0.3, -0.25) is 4.79 Å². The first-order valence-electron chi connectivity index (χ1n) is 5.89. The van der Waals surface area contributed by atoms with Crippen molar-refractivity contribution in [2.75, 3.05) is 16.8 Å². The zero-order valence-corrected chi connectivity index (χ0v) is 12.2. The van der Waals surface area contributed by atoms with Crippen LogP contribution in [0, 0.1) is 0 Å². The Kier molecular flexibility index (Phi) is 4.41. The lowest BCUT2D eigenvalue weighted by Gasteiger charge is -2.06. The molecule has 0 saturated heterocycles. The fraction of sp³-hybridized carbons (Fsp3) is 0.154. The summed E-state index contributed by atoms with van der Waals surface area (Å²) >= 11 is 1.15. The number of hydrogen-bond acceptors (Lipinski definition) is 5. The summed E-state index contributed by atoms with van der Waals surface area (Å²) in [5, 5.41) is 4.31. The third kappa shape index (κ3) is 3.82. The highest BCUT2D eigenvalue weighted by Crippen LogP contribution is 2.18. The number of sulfone groups is 1. The Bertz CT molecular complexity index is 694. The average Bonchev–Trinajstić information content (AvgIpc) is 2.91. The summed E-state index contributed by atoms with van der Waals surface area (Å²) in [6, 6.07) is 9.94. The lowest BCUT2D eigenvalue weighted by Crippen LogP contribution is -2.17. The first-order valence-corrected chi connectivity index (χ1v) is 8.42. The molecule has 0 aliphatic carbocycles. The summed E-state index contributed by atoms with van der Waals surface area (Å²) in [6.45, 7) is 0. The quantitative estimate of drug-likeness (QED) is 0.828. The molecule has 0 spiro atoms. The normalized spacial score (nSPS) is 11.2. The van der Waals surface area contributed by atoms with E-state index in [2.05, 4.69) is 5.32 Å². The number of carbonyl (C=O) groups excluding carboxylic acids is 1. The highest BCUT2D eigenvalue weighted by atomic mass is 32.2. The number of carbonyl (C=O) groups is 1. The van der Waals surface area contributed by atoms with Gasteiger partial charge in [0.05, 0.1) is 5.75 Å². The maximum Gasteiger partial charge on any atom is 0.225 e. The van der Waals surface area contributed by atoms with Crippen molar-refractivity contribution < 1.29 is 13.2 Å². The Balaban J connectivity index is 1.93. The number of nitrogens with two attached hydrogens (primary N) is 1. The highest BCUT2D eigenvalue weighted by Gasteiger charge is 2.17. The molecule has 2 aromatic rings. The second-order valence-electron chi connectivity index (χ2n) is 4.17. The minimum absolute atomic E-state index is 0.0883. The summed E-state index contributed by atoms with van der Waals surface area (Å²) in [5.41, 5.74) is 6.69. The van der Waals surface area contributed by atoms with Gasteiger partial charge in [0, 0.05) is 17.8 Å². The fourth-order valence-corrected chi connectivity index (χ4v) is 4.00. The molecule has 0 saturated carbocycles. The van der Waals surface area contributed by atoms with Gasteiger partial charge in [0.15, 0.2) is 9.84 Å². The predicted molar refractivity (Wildman–Crippen MR) is 80.5 cm³/mol. The van der Waals surface area contributed by atoms with E-state index >= 15 is 0 Å². The van der Waals surface area contributed by atoms with Crippen LogP contribution in [0.2, 0.25) is 0 Å². The van der Waals surface area contributed by atoms with Gasteiger partial charge in [-0.25, -0.2) is 8.42 Å². The van der Waals surface area contributed by atoms with Gasteiger partial charge in [0.25, 0.3) is 0 Å². The molecule has 106 valence electrons. The molecule has 7 heteroatoms. The Labute approximate surface area is 121 Å². The summed E-state index contributed by atoms with van der Waals surface area (Å²) < 4.78 is 24.1. The number of amides is 1. The van der Waals surface area contributed by atoms with Crippen molar-refractivity contribution in [3.8, 4) is 0 Å². The van der Waals surface area contributed by atoms with Crippen molar-refractivity contribution in [3.63, 3.8) is 0 Å². The number of benzene rings is 1. The van der Waals surface area contributed by atoms with E-state index in [1.165, 1.54) is 6.07 Å². The first-order chi connectivity index (χ1) is 9.47. The number of hydrogen-bond donors (Lipinski definition) is 2. The summed E-state index contributed by atoms with van der Waals surface area (Å²) in [7, 11) is -3.38. The van der Waals surface area contributed by atoms with Gasteiger partial charge < -0.3 is 11.1 Å². The van der Waals surface area contributed by atoms with E-state index in [1.807, 2.05) is 0 Å². The molecule has 0 fully saturated rings. The Hall–Kier alpha value is -1.86. The number of nitrogen functional groups attached to an aromatic ring is 1. The van der Waals surface area contributed by atoms with E-state index in [-0.39, 0.29) is 22.3 Å². The highest BCUT2D eigenvalue weighted by molar-refractivity contribution is 7.93. The second-order valence-corrected chi connectivity index (χ2v) is 7.46. The van der Waals surface area contributed by atoms with Crippen molar-refractivity contribution in [1.29, 1.82) is 0 Å². The maximum atomic E-state index is 11.9. The molecule has 3 N–H and O–H groups in total. The average molecular weight is 310 g/mol. The van der Waals surface area contributed by atoms with Crippen molar-refractivity contribution >= 4 is 38.5 Å². The monoisotopic (exact) mass is 310 g/mol. The van der Waals surface area contributed by atoms with Crippen LogP contribution in [0.15, 0.2) is 46.0 Å². The van der Waals surface area contributed by atoms with Crippen LogP contribution in [0.3, 0.4) is 0 Å². The molecule has 2 rings (SSSR count). The zero-order chi connectivity index (χ0) is 14.6. The largest absolute Gasteiger partial charge is 0.399 e. The van der Waals surface area contributed by atoms with E-state index in [9.17, 15) is 13.2 Å². The molecule has 0 atom stereocenters. The Morgan fingerprint density at radius 2 is 2.05 bits per heavy atom. The van der Waals surface area contributed by atoms with Crippen LogP contribution in [0.5, 0.6) is 0 Å². The molecule has 1 heterocycles. The van der Waals surface area contributed by atoms with Crippen LogP contribution >= 0.6 is 11.3 Å². The molecule has 0 bridgehead atoms. The molecular formula is C13H14N2O3S2. The van der Waals surface area contributed by atoms with E-state index in [0.29, 0.717) is 11.4 Å². The number of thiophene rings is 1. The summed E-state index contributed by atoms with van der Waals surface area (Å²) in [6.07, 6.45) is -0.0883. The van der Waals surface area contributed by atoms with Crippen molar-refractivity contribution in [2.24, 2.45) is 0 Å². The Morgan fingerprint density at radius 1 is 1.25 bits per heavy atom. The summed E-state index contributed by atoms with van der Waals surface area (Å²) in [5.74, 6) is -0.558. The van der Waals surface area contributed by atoms with Crippen LogP contribution < -0.4 is 11.1 Å². The van der Waals surface area contributed by atoms with Crippen LogP contribution in [-0.2, 0) is 14.6 Å². The van der Waals surface area contributed by atoms with E-state index in [0.717, 1.165) is 11.3 Å². The molecule has 1 aromatic carbocycles. The van der Waals surface area contributed by atoms with E-state index in [4.69, 9.17) is 5.73 Å². The third-order valence-electron chi connectivity index (χ3n) is 2.57. The van der Waals surface area contributed by atoms with Gasteiger partial charge in [-0.2, -0.15) is 0 Å². The minimum Gasteiger partial charge on any atom is -0.399 e. The number of nitrogens with one attached hydrogen (secondary N) is 1. The van der Waals surface area contributed by atoms with Crippen LogP contribution in [0.25, 0.3) is 0 Å². The van der Waals surface area contributed by atoms with E-state index < -0.39 is 9.84 Å². The third-order valence-corrected chi connectivity index (χ3v) is 5.77. The molecule has 5 nitrogen and oxygen atoms in total. The van der Waals surface area contributed by atoms with Crippen LogP contribution in [-0.4, -0.2) is 20.1 Å². The number of rotatable bonds is 5. The molecule has 0 radical (unpaired) electrons. The standard InChI is InChI=1S/C13H14N2O3S2/c14-10-3-1-4-11(9-10)15-12(16)6-8-20(17,18)13-5-2-7-19-13/h1-5,7,9H,6,8,14H2,(H,15,16). The molecule has 0 aliphatic rings. The molecule has 20 heavy (non-hydrogen) atoms. The van der Waals surface area contributed by atoms with Gasteiger partial charge in [0.1, 0.15) is 4.21 Å². The lowest BCUT2D eigenvalue weighted by molar-refractivity contribution is -0.115. The molecule has 0 aliphatic heterocycles. The topological polar surface area (TPSA) is 89.3 Å². The van der Waals surface area contributed by atoms with Crippen LogP contribution in [0.1, 0.15) is 6.42 Å². The molecule has 0 unspecified atom stereocenters. The summed E-state index contributed by atoms with van der Waals surface area (Å²) in [4.78, 5) is 11.7. The zero-order valence-electron chi connectivity index (χ0n) is 10.6. The molecular weight excluding hydrogens is 296 g/mol. The van der Waals surface area contributed by atoms with Crippen molar-refractivity contribution in [2.45, 2.75) is 10.6 Å². The minimum atomic E-state index is -3.38. The maximum absolute atomic E-state index is 11.9. The van der Waals surface area contributed by atoms with Gasteiger partial charge in [-0.15, -0.1) is 11.3 Å². The second kappa shape index (κ2) is 6.06. The van der Waals surface area contributed by atoms with Gasteiger partial charge >= 0.3 is 0 Å². The Morgan fingerprint density at radius 3 is 2.70 bits per heavy atom. The SMILES string of the molecule is Nc1cccc(NC(=O)CCS(=O)(=O)c2cccs2)c1. The smallest absolute Gasteiger partial charge is 0.225 e. The van der Waals surface area contributed by atoms with E-state index in [1.54, 1.807) is 35.7 Å². The molecule has 1 amide bonds. The van der Waals surface area contributed by atoms with Crippen LogP contribution in [0.4, 0.5) is 11.4 Å². The predicted octanol–water partition coefficient (Wildman–Crippen LogP) is 2.13. The van der Waals surface area contributed by atoms with Crippen molar-refractivity contribution in [3.05, 3.63) is 41.8 Å². The van der Waals surface area contributed by atoms with Gasteiger partial charge in [-0.05, 0) is 29.6 Å². The number of anilines is 2. The lowest BCUT2D eigenvalue weighted by atomic mass is 10.3. The van der Waals surface area contributed by atoms with Gasteiger partial charge in [-0.1, -0.05) is 12.1 Å². The fourth-order valence-electron chi connectivity index (χ4n) is 1.61. The first kappa shape index (κ1) is 14.5. The van der Waals surface area contributed by atoms with Gasteiger partial charge in [0.2, 0.25) is 5.91 Å². The van der Waals surface area contributed by atoms with Crippen molar-refractivity contribution in [1.82, 2.24) is 0 Å². The molecule has 1 aromatic heterocycles.